The molecule has 2 aromatic carbocycles. The van der Waals surface area contributed by atoms with Gasteiger partial charge in [0.25, 0.3) is 0 Å². The Morgan fingerprint density at radius 3 is 2.13 bits per heavy atom. The minimum atomic E-state index is -1.04. The summed E-state index contributed by atoms with van der Waals surface area (Å²) in [4.78, 5) is 38.3. The molecule has 2 fully saturated rings. The number of rotatable bonds is 5. The zero-order chi connectivity index (χ0) is 21.6. The fourth-order valence-corrected chi connectivity index (χ4v) is 4.91. The molecule has 7 nitrogen and oxygen atoms in total. The Balaban J connectivity index is 1.27. The molecule has 1 atom stereocenters. The van der Waals surface area contributed by atoms with E-state index in [1.807, 2.05) is 36.4 Å². The molecule has 1 saturated carbocycles. The summed E-state index contributed by atoms with van der Waals surface area (Å²) in [7, 11) is 0. The number of likely N-dealkylation sites (tertiary alicyclic amines) is 1. The number of ether oxygens (including phenoxy) is 1. The van der Waals surface area contributed by atoms with Crippen LogP contribution in [0.25, 0.3) is 11.1 Å². The van der Waals surface area contributed by atoms with Crippen LogP contribution in [0.3, 0.4) is 0 Å². The van der Waals surface area contributed by atoms with Crippen molar-refractivity contribution in [3.63, 3.8) is 0 Å². The predicted molar refractivity (Wildman–Crippen MR) is 113 cm³/mol. The van der Waals surface area contributed by atoms with E-state index in [0.29, 0.717) is 25.8 Å². The SMILES string of the molecule is O=C(NC1(C(=O)N2CC[C@H]2C(=O)O)CCC1)OCC1c2ccccc2-c2ccccc21. The first-order valence-corrected chi connectivity index (χ1v) is 10.7. The number of fused-ring (bicyclic) bond motifs is 3. The third kappa shape index (κ3) is 3.15. The second kappa shape index (κ2) is 7.41. The molecule has 2 N–H and O–H groups in total. The lowest BCUT2D eigenvalue weighted by molar-refractivity contribution is -0.162. The zero-order valence-corrected chi connectivity index (χ0v) is 17.0. The van der Waals surface area contributed by atoms with Crippen LogP contribution in [0.2, 0.25) is 0 Å². The normalized spacial score (nSPS) is 20.6. The molecule has 1 aliphatic heterocycles. The second-order valence-corrected chi connectivity index (χ2v) is 8.53. The van der Waals surface area contributed by atoms with Crippen LogP contribution in [0.4, 0.5) is 4.79 Å². The molecule has 3 aliphatic rings. The number of aliphatic carboxylic acids is 1. The molecule has 7 heteroatoms. The van der Waals surface area contributed by atoms with Crippen molar-refractivity contribution < 1.29 is 24.2 Å². The van der Waals surface area contributed by atoms with Gasteiger partial charge in [-0.2, -0.15) is 0 Å². The smallest absolute Gasteiger partial charge is 0.408 e. The van der Waals surface area contributed by atoms with Crippen LogP contribution in [0.5, 0.6) is 0 Å². The fraction of sp³-hybridized carbons (Fsp3) is 0.375. The number of carboxylic acid groups (broad SMARTS) is 1. The van der Waals surface area contributed by atoms with E-state index in [2.05, 4.69) is 17.4 Å². The van der Waals surface area contributed by atoms with Crippen molar-refractivity contribution in [1.29, 1.82) is 0 Å². The Bertz CT molecular complexity index is 1020. The fourth-order valence-electron chi connectivity index (χ4n) is 4.91. The third-order valence-corrected chi connectivity index (χ3v) is 6.87. The van der Waals surface area contributed by atoms with E-state index >= 15 is 0 Å². The van der Waals surface area contributed by atoms with Gasteiger partial charge in [-0.1, -0.05) is 48.5 Å². The van der Waals surface area contributed by atoms with E-state index in [4.69, 9.17) is 4.74 Å². The summed E-state index contributed by atoms with van der Waals surface area (Å²) in [6, 6.07) is 15.4. The standard InChI is InChI=1S/C24H24N2O5/c27-21(28)20-10-13-26(20)22(29)24(11-5-12-24)25-23(30)31-14-19-17-8-3-1-6-15(17)16-7-2-4-9-18(16)19/h1-4,6-9,19-20H,5,10-14H2,(H,25,30)(H,27,28)/t20-/m0/s1. The van der Waals surface area contributed by atoms with Crippen molar-refractivity contribution in [3.05, 3.63) is 59.7 Å². The average Bonchev–Trinajstić information content (AvgIpc) is 3.02. The second-order valence-electron chi connectivity index (χ2n) is 8.53. The van der Waals surface area contributed by atoms with Gasteiger partial charge in [0.15, 0.2) is 0 Å². The maximum Gasteiger partial charge on any atom is 0.408 e. The molecule has 0 spiro atoms. The van der Waals surface area contributed by atoms with Crippen LogP contribution in [-0.2, 0) is 14.3 Å². The Morgan fingerprint density at radius 2 is 1.65 bits per heavy atom. The number of hydrogen-bond donors (Lipinski definition) is 2. The molecule has 0 radical (unpaired) electrons. The number of nitrogens with zero attached hydrogens (tertiary/aromatic N) is 1. The Hall–Kier alpha value is -3.35. The Kier molecular flexibility index (Phi) is 4.68. The molecule has 2 amide bonds. The first-order valence-electron chi connectivity index (χ1n) is 10.7. The molecule has 2 aromatic rings. The van der Waals surface area contributed by atoms with Gasteiger partial charge < -0.3 is 20.1 Å². The van der Waals surface area contributed by atoms with Crippen LogP contribution < -0.4 is 5.32 Å². The molecule has 5 rings (SSSR count). The maximum atomic E-state index is 13.0. The number of carbonyl (C=O) groups excluding carboxylic acids is 2. The van der Waals surface area contributed by atoms with Gasteiger partial charge in [-0.05, 0) is 47.9 Å². The first kappa shape index (κ1) is 19.6. The van der Waals surface area contributed by atoms with Gasteiger partial charge in [0.05, 0.1) is 0 Å². The molecule has 160 valence electrons. The molecule has 0 unspecified atom stereocenters. The van der Waals surface area contributed by atoms with Crippen LogP contribution >= 0.6 is 0 Å². The third-order valence-electron chi connectivity index (χ3n) is 6.87. The van der Waals surface area contributed by atoms with Crippen molar-refractivity contribution in [1.82, 2.24) is 10.2 Å². The molecule has 1 heterocycles. The van der Waals surface area contributed by atoms with Gasteiger partial charge in [-0.15, -0.1) is 0 Å². The molecule has 31 heavy (non-hydrogen) atoms. The van der Waals surface area contributed by atoms with Crippen molar-refractivity contribution in [2.75, 3.05) is 13.2 Å². The lowest BCUT2D eigenvalue weighted by Crippen LogP contribution is -2.68. The minimum Gasteiger partial charge on any atom is -0.480 e. The summed E-state index contributed by atoms with van der Waals surface area (Å²) in [5.74, 6) is -1.38. The van der Waals surface area contributed by atoms with Crippen LogP contribution in [0.15, 0.2) is 48.5 Å². The van der Waals surface area contributed by atoms with E-state index in [-0.39, 0.29) is 18.4 Å². The molecule has 1 saturated heterocycles. The van der Waals surface area contributed by atoms with E-state index in [0.717, 1.165) is 28.7 Å². The quantitative estimate of drug-likeness (QED) is 0.775. The summed E-state index contributed by atoms with van der Waals surface area (Å²) in [5.41, 5.74) is 3.49. The first-order chi connectivity index (χ1) is 15.0. The number of nitrogens with one attached hydrogen (secondary N) is 1. The molecule has 0 bridgehead atoms. The van der Waals surface area contributed by atoms with E-state index in [1.165, 1.54) is 4.90 Å². The average molecular weight is 420 g/mol. The van der Waals surface area contributed by atoms with Gasteiger partial charge in [0.2, 0.25) is 5.91 Å². The predicted octanol–water partition coefficient (Wildman–Crippen LogP) is 3.13. The van der Waals surface area contributed by atoms with Crippen LogP contribution in [0.1, 0.15) is 42.7 Å². The Labute approximate surface area is 180 Å². The highest BCUT2D eigenvalue weighted by Gasteiger charge is 2.52. The topological polar surface area (TPSA) is 95.9 Å². The lowest BCUT2D eigenvalue weighted by Gasteiger charge is -2.48. The number of amides is 2. The summed E-state index contributed by atoms with van der Waals surface area (Å²) in [6.07, 6.45) is 1.61. The van der Waals surface area contributed by atoms with Crippen LogP contribution in [-0.4, -0.2) is 52.7 Å². The number of benzene rings is 2. The van der Waals surface area contributed by atoms with E-state index in [1.54, 1.807) is 0 Å². The largest absolute Gasteiger partial charge is 0.480 e. The molecular formula is C24H24N2O5. The number of carbonyl (C=O) groups is 3. The number of alkyl carbamates (subject to hydrolysis) is 1. The van der Waals surface area contributed by atoms with E-state index in [9.17, 15) is 19.5 Å². The van der Waals surface area contributed by atoms with Crippen LogP contribution in [0, 0.1) is 0 Å². The summed E-state index contributed by atoms with van der Waals surface area (Å²) < 4.78 is 5.59. The van der Waals surface area contributed by atoms with E-state index < -0.39 is 23.6 Å². The maximum absolute atomic E-state index is 13.0. The van der Waals surface area contributed by atoms with Crippen molar-refractivity contribution >= 4 is 18.0 Å². The summed E-state index contributed by atoms with van der Waals surface area (Å²) in [5, 5.41) is 12.0. The van der Waals surface area contributed by atoms with Gasteiger partial charge in [-0.3, -0.25) is 4.79 Å². The molecule has 0 aromatic heterocycles. The molecular weight excluding hydrogens is 396 g/mol. The summed E-state index contributed by atoms with van der Waals surface area (Å²) >= 11 is 0. The van der Waals surface area contributed by atoms with Gasteiger partial charge in [-0.25, -0.2) is 9.59 Å². The van der Waals surface area contributed by atoms with Gasteiger partial charge in [0.1, 0.15) is 18.2 Å². The lowest BCUT2D eigenvalue weighted by atomic mass is 9.74. The highest BCUT2D eigenvalue weighted by molar-refractivity contribution is 5.94. The number of hydrogen-bond acceptors (Lipinski definition) is 4. The van der Waals surface area contributed by atoms with Crippen molar-refractivity contribution in [2.24, 2.45) is 0 Å². The van der Waals surface area contributed by atoms with Gasteiger partial charge in [0, 0.05) is 12.5 Å². The minimum absolute atomic E-state index is 0.0574. The van der Waals surface area contributed by atoms with Crippen molar-refractivity contribution in [3.8, 4) is 11.1 Å². The molecule has 2 aliphatic carbocycles. The monoisotopic (exact) mass is 420 g/mol. The summed E-state index contributed by atoms with van der Waals surface area (Å²) in [6.45, 7) is 0.579. The Morgan fingerprint density at radius 1 is 1.03 bits per heavy atom. The van der Waals surface area contributed by atoms with Crippen molar-refractivity contribution in [2.45, 2.75) is 43.2 Å². The highest BCUT2D eigenvalue weighted by atomic mass is 16.5. The zero-order valence-electron chi connectivity index (χ0n) is 17.0. The van der Waals surface area contributed by atoms with Gasteiger partial charge >= 0.3 is 12.1 Å². The number of carboxylic acids is 1. The highest BCUT2D eigenvalue weighted by Crippen LogP contribution is 2.44.